The fourth-order valence-electron chi connectivity index (χ4n) is 6.12. The molecule has 0 unspecified atom stereocenters. The Bertz CT molecular complexity index is 1260. The molecule has 1 saturated carbocycles. The van der Waals surface area contributed by atoms with Crippen molar-refractivity contribution in [1.82, 2.24) is 35.1 Å². The molecule has 13 nitrogen and oxygen atoms in total. The Labute approximate surface area is 243 Å². The molecule has 3 aliphatic rings. The van der Waals surface area contributed by atoms with Crippen LogP contribution in [0.5, 0.6) is 11.8 Å². The fourth-order valence-corrected chi connectivity index (χ4v) is 6.12. The SMILES string of the molecule is CCOc1cnc(NC(=O)N(C)[C@H]2CN(c3nccc(OC(=O)NC4CC5(CCCN(C)C5)C4)n3)CCC2(F)F)cn1. The van der Waals surface area contributed by atoms with E-state index < -0.39 is 30.5 Å². The lowest BCUT2D eigenvalue weighted by atomic mass is 9.61. The molecule has 2 aromatic heterocycles. The van der Waals surface area contributed by atoms with E-state index in [1.807, 2.05) is 0 Å². The highest BCUT2D eigenvalue weighted by molar-refractivity contribution is 5.88. The molecule has 0 bridgehead atoms. The summed E-state index contributed by atoms with van der Waals surface area (Å²) in [5.74, 6) is -2.64. The summed E-state index contributed by atoms with van der Waals surface area (Å²) < 4.78 is 40.6. The minimum Gasteiger partial charge on any atom is -0.477 e. The summed E-state index contributed by atoms with van der Waals surface area (Å²) in [6.07, 6.45) is 7.06. The van der Waals surface area contributed by atoms with Gasteiger partial charge in [-0.05, 0) is 51.6 Å². The van der Waals surface area contributed by atoms with Crippen LogP contribution in [0.15, 0.2) is 24.7 Å². The lowest BCUT2D eigenvalue weighted by molar-refractivity contribution is -0.0760. The maximum atomic E-state index is 15.0. The van der Waals surface area contributed by atoms with Crippen LogP contribution in [0.25, 0.3) is 0 Å². The number of nitrogens with one attached hydrogen (secondary N) is 2. The van der Waals surface area contributed by atoms with E-state index in [4.69, 9.17) is 9.47 Å². The molecule has 2 N–H and O–H groups in total. The number of ether oxygens (including phenoxy) is 2. The molecule has 42 heavy (non-hydrogen) atoms. The van der Waals surface area contributed by atoms with E-state index in [-0.39, 0.29) is 48.1 Å². The van der Waals surface area contributed by atoms with Crippen molar-refractivity contribution >= 4 is 23.9 Å². The number of aromatic nitrogens is 4. The van der Waals surface area contributed by atoms with Crippen molar-refractivity contribution in [2.75, 3.05) is 57.1 Å². The number of piperidine rings is 2. The molecule has 15 heteroatoms. The summed E-state index contributed by atoms with van der Waals surface area (Å²) in [5, 5.41) is 5.39. The Morgan fingerprint density at radius 1 is 1.14 bits per heavy atom. The van der Waals surface area contributed by atoms with Gasteiger partial charge in [-0.15, -0.1) is 0 Å². The molecule has 1 aliphatic carbocycles. The van der Waals surface area contributed by atoms with Gasteiger partial charge in [0.1, 0.15) is 6.04 Å². The third-order valence-electron chi connectivity index (χ3n) is 8.17. The number of likely N-dealkylation sites (tertiary alicyclic amines) is 1. The maximum Gasteiger partial charge on any atom is 0.414 e. The highest BCUT2D eigenvalue weighted by Gasteiger charge is 2.49. The van der Waals surface area contributed by atoms with Gasteiger partial charge in [-0.2, -0.15) is 4.98 Å². The van der Waals surface area contributed by atoms with Gasteiger partial charge in [-0.1, -0.05) is 0 Å². The van der Waals surface area contributed by atoms with Crippen LogP contribution >= 0.6 is 0 Å². The van der Waals surface area contributed by atoms with Gasteiger partial charge in [-0.25, -0.2) is 33.3 Å². The average molecular weight is 590 g/mol. The molecule has 1 atom stereocenters. The van der Waals surface area contributed by atoms with Crippen LogP contribution in [0, 0.1) is 5.41 Å². The van der Waals surface area contributed by atoms with E-state index in [0.29, 0.717) is 6.61 Å². The summed E-state index contributed by atoms with van der Waals surface area (Å²) >= 11 is 0. The van der Waals surface area contributed by atoms with Crippen molar-refractivity contribution in [3.05, 3.63) is 24.7 Å². The van der Waals surface area contributed by atoms with Crippen LogP contribution in [0.4, 0.5) is 30.1 Å². The van der Waals surface area contributed by atoms with Crippen LogP contribution in [0.2, 0.25) is 0 Å². The van der Waals surface area contributed by atoms with Gasteiger partial charge in [0, 0.05) is 51.4 Å². The highest BCUT2D eigenvalue weighted by Crippen LogP contribution is 2.47. The monoisotopic (exact) mass is 589 g/mol. The van der Waals surface area contributed by atoms with Crippen LogP contribution in [-0.2, 0) is 0 Å². The largest absolute Gasteiger partial charge is 0.477 e. The van der Waals surface area contributed by atoms with E-state index in [0.717, 1.165) is 30.8 Å². The molecule has 1 spiro atoms. The number of hydrogen-bond acceptors (Lipinski definition) is 10. The second-order valence-electron chi connectivity index (χ2n) is 11.4. The Hall–Kier alpha value is -3.88. The van der Waals surface area contributed by atoms with Gasteiger partial charge in [0.05, 0.1) is 19.0 Å². The Morgan fingerprint density at radius 2 is 1.95 bits per heavy atom. The lowest BCUT2D eigenvalue weighted by Crippen LogP contribution is -2.60. The first kappa shape index (κ1) is 29.6. The first-order valence-electron chi connectivity index (χ1n) is 14.2. The number of alkyl halides is 2. The fraction of sp³-hybridized carbons (Fsp3) is 0.630. The van der Waals surface area contributed by atoms with Crippen LogP contribution < -0.4 is 25.0 Å². The van der Waals surface area contributed by atoms with Gasteiger partial charge in [0.15, 0.2) is 5.82 Å². The van der Waals surface area contributed by atoms with E-state index in [2.05, 4.69) is 42.5 Å². The third-order valence-corrected chi connectivity index (χ3v) is 8.17. The number of nitrogens with zero attached hydrogens (tertiary/aromatic N) is 7. The van der Waals surface area contributed by atoms with Gasteiger partial charge in [-0.3, -0.25) is 5.32 Å². The molecule has 2 saturated heterocycles. The van der Waals surface area contributed by atoms with Crippen molar-refractivity contribution in [2.45, 2.75) is 57.0 Å². The Balaban J connectivity index is 1.17. The standard InChI is InChI=1S/C27H37F2N9O4/c1-4-41-22-15-31-20(14-32-22)34-24(39)37(3)19-16-38(11-8-27(19,28)29)23-30-9-6-21(35-23)42-25(40)33-18-12-26(13-18)7-5-10-36(2)17-26/h6,9,14-15,18-19H,4-5,7-8,10-13,16-17H2,1-3H3,(H,33,40)(H,31,34,39)/t18?,19-,26?/m0/s1. The van der Waals surface area contributed by atoms with Crippen LogP contribution in [0.3, 0.4) is 0 Å². The third kappa shape index (κ3) is 6.77. The van der Waals surface area contributed by atoms with E-state index in [1.165, 1.54) is 44.5 Å². The number of carbonyl (C=O) groups excluding carboxylic acids is 2. The van der Waals surface area contributed by atoms with E-state index >= 15 is 0 Å². The number of amides is 3. The molecule has 3 fully saturated rings. The Kier molecular flexibility index (Phi) is 8.57. The Morgan fingerprint density at radius 3 is 2.67 bits per heavy atom. The average Bonchev–Trinajstić information content (AvgIpc) is 2.93. The minimum absolute atomic E-state index is 0.0120. The van der Waals surface area contributed by atoms with Crippen molar-refractivity contribution in [3.63, 3.8) is 0 Å². The molecule has 3 amide bonds. The van der Waals surface area contributed by atoms with Gasteiger partial charge < -0.3 is 29.5 Å². The molecule has 0 aromatic carbocycles. The smallest absolute Gasteiger partial charge is 0.414 e. The normalized spacial score (nSPS) is 25.3. The van der Waals surface area contributed by atoms with Crippen LogP contribution in [-0.4, -0.2) is 107 Å². The van der Waals surface area contributed by atoms with Crippen molar-refractivity contribution in [1.29, 1.82) is 0 Å². The van der Waals surface area contributed by atoms with Crippen LogP contribution in [0.1, 0.15) is 39.0 Å². The predicted molar refractivity (Wildman–Crippen MR) is 149 cm³/mol. The molecular formula is C27H37F2N9O4. The first-order chi connectivity index (χ1) is 20.1. The first-order valence-corrected chi connectivity index (χ1v) is 14.2. The molecule has 0 radical (unpaired) electrons. The number of carbonyl (C=O) groups is 2. The summed E-state index contributed by atoms with van der Waals surface area (Å²) in [6.45, 7) is 4.07. The zero-order chi connectivity index (χ0) is 29.9. The number of likely N-dealkylation sites (N-methyl/N-ethyl adjacent to an activating group) is 1. The molecule has 2 aliphatic heterocycles. The number of anilines is 2. The lowest BCUT2D eigenvalue weighted by Gasteiger charge is -2.52. The zero-order valence-corrected chi connectivity index (χ0v) is 24.1. The van der Waals surface area contributed by atoms with Crippen molar-refractivity contribution < 1.29 is 27.8 Å². The zero-order valence-electron chi connectivity index (χ0n) is 24.1. The molecule has 5 rings (SSSR count). The van der Waals surface area contributed by atoms with Gasteiger partial charge >= 0.3 is 12.1 Å². The highest BCUT2D eigenvalue weighted by atomic mass is 19.3. The van der Waals surface area contributed by atoms with E-state index in [1.54, 1.807) is 11.8 Å². The quantitative estimate of drug-likeness (QED) is 0.496. The van der Waals surface area contributed by atoms with Gasteiger partial charge in [0.2, 0.25) is 17.7 Å². The number of halogens is 2. The van der Waals surface area contributed by atoms with Crippen molar-refractivity contribution in [3.8, 4) is 11.8 Å². The summed E-state index contributed by atoms with van der Waals surface area (Å²) in [4.78, 5) is 46.7. The van der Waals surface area contributed by atoms with Gasteiger partial charge in [0.25, 0.3) is 5.92 Å². The predicted octanol–water partition coefficient (Wildman–Crippen LogP) is 3.01. The molecular weight excluding hydrogens is 552 g/mol. The molecule has 228 valence electrons. The molecule has 4 heterocycles. The van der Waals surface area contributed by atoms with E-state index in [9.17, 15) is 18.4 Å². The second-order valence-corrected chi connectivity index (χ2v) is 11.4. The summed E-state index contributed by atoms with van der Waals surface area (Å²) in [6, 6.07) is -0.768. The summed E-state index contributed by atoms with van der Waals surface area (Å²) in [5.41, 5.74) is 0.269. The number of rotatable bonds is 7. The molecule has 2 aromatic rings. The van der Waals surface area contributed by atoms with Crippen molar-refractivity contribution in [2.24, 2.45) is 5.41 Å². The number of urea groups is 1. The second kappa shape index (κ2) is 12.2. The maximum absolute atomic E-state index is 15.0. The summed E-state index contributed by atoms with van der Waals surface area (Å²) in [7, 11) is 3.42. The number of hydrogen-bond donors (Lipinski definition) is 2. The minimum atomic E-state index is -3.16. The topological polar surface area (TPSA) is 138 Å².